The van der Waals surface area contributed by atoms with Gasteiger partial charge in [0.25, 0.3) is 5.91 Å². The van der Waals surface area contributed by atoms with Crippen LogP contribution in [0.25, 0.3) is 0 Å². The smallest absolute Gasteiger partial charge is 0.257 e. The van der Waals surface area contributed by atoms with Crippen LogP contribution >= 0.6 is 0 Å². The lowest BCUT2D eigenvalue weighted by molar-refractivity contribution is -0.0295. The first-order chi connectivity index (χ1) is 11.1. The van der Waals surface area contributed by atoms with E-state index in [1.807, 2.05) is 29.8 Å². The van der Waals surface area contributed by atoms with E-state index in [0.717, 1.165) is 50.2 Å². The number of carbonyl (C=O) groups excluding carboxylic acids is 1. The van der Waals surface area contributed by atoms with Crippen LogP contribution in [0.2, 0.25) is 0 Å². The van der Waals surface area contributed by atoms with Gasteiger partial charge < -0.3 is 9.64 Å². The summed E-state index contributed by atoms with van der Waals surface area (Å²) in [7, 11) is 1.82. The molecule has 2 heterocycles. The zero-order chi connectivity index (χ0) is 16.4. The fourth-order valence-electron chi connectivity index (χ4n) is 4.52. The van der Waals surface area contributed by atoms with Crippen molar-refractivity contribution in [1.29, 1.82) is 0 Å². The Morgan fingerprint density at radius 2 is 2.22 bits per heavy atom. The maximum absolute atomic E-state index is 13.0. The molecule has 1 amide bonds. The van der Waals surface area contributed by atoms with Gasteiger partial charge in [-0.15, -0.1) is 0 Å². The van der Waals surface area contributed by atoms with Crippen molar-refractivity contribution in [1.82, 2.24) is 14.7 Å². The molecular formula is C18H29N3O2. The van der Waals surface area contributed by atoms with E-state index >= 15 is 0 Å². The number of piperidine rings is 1. The molecule has 5 nitrogen and oxygen atoms in total. The zero-order valence-electron chi connectivity index (χ0n) is 14.7. The molecule has 0 aromatic carbocycles. The summed E-state index contributed by atoms with van der Waals surface area (Å²) in [6.07, 6.45) is 9.05. The van der Waals surface area contributed by atoms with Crippen LogP contribution in [0.5, 0.6) is 0 Å². The van der Waals surface area contributed by atoms with Gasteiger partial charge in [0.2, 0.25) is 0 Å². The molecule has 3 rings (SSSR count). The van der Waals surface area contributed by atoms with E-state index in [0.29, 0.717) is 6.10 Å². The monoisotopic (exact) mass is 319 g/mol. The average molecular weight is 319 g/mol. The molecule has 1 spiro atoms. The molecule has 1 saturated carbocycles. The van der Waals surface area contributed by atoms with Crippen molar-refractivity contribution in [2.45, 2.75) is 65.0 Å². The number of hydrogen-bond acceptors (Lipinski definition) is 3. The lowest BCUT2D eigenvalue weighted by Gasteiger charge is -2.43. The number of aryl methyl sites for hydroxylation is 2. The van der Waals surface area contributed by atoms with E-state index in [-0.39, 0.29) is 11.3 Å². The number of amides is 1. The normalized spacial score (nSPS) is 27.8. The summed E-state index contributed by atoms with van der Waals surface area (Å²) in [6, 6.07) is 0. The van der Waals surface area contributed by atoms with Gasteiger partial charge in [-0.3, -0.25) is 9.48 Å². The Kier molecular flexibility index (Phi) is 4.76. The summed E-state index contributed by atoms with van der Waals surface area (Å²) in [5, 5.41) is 4.48. The number of methoxy groups -OCH3 is 1. The Morgan fingerprint density at radius 1 is 1.43 bits per heavy atom. The Morgan fingerprint density at radius 3 is 2.96 bits per heavy atom. The number of hydrogen-bond donors (Lipinski definition) is 0. The van der Waals surface area contributed by atoms with Gasteiger partial charge in [-0.1, -0.05) is 13.3 Å². The van der Waals surface area contributed by atoms with Crippen LogP contribution in [0.1, 0.15) is 61.5 Å². The van der Waals surface area contributed by atoms with Crippen molar-refractivity contribution in [3.63, 3.8) is 0 Å². The van der Waals surface area contributed by atoms with Crippen LogP contribution in [-0.4, -0.2) is 46.9 Å². The topological polar surface area (TPSA) is 47.4 Å². The minimum absolute atomic E-state index is 0.144. The third kappa shape index (κ3) is 3.03. The highest BCUT2D eigenvalue weighted by molar-refractivity contribution is 5.95. The quantitative estimate of drug-likeness (QED) is 0.857. The van der Waals surface area contributed by atoms with Crippen LogP contribution in [0.4, 0.5) is 0 Å². The number of ether oxygens (including phenoxy) is 1. The molecule has 1 saturated heterocycles. The largest absolute Gasteiger partial charge is 0.381 e. The molecule has 1 aliphatic heterocycles. The highest BCUT2D eigenvalue weighted by atomic mass is 16.5. The highest BCUT2D eigenvalue weighted by Crippen LogP contribution is 2.46. The molecular weight excluding hydrogens is 290 g/mol. The third-order valence-electron chi connectivity index (χ3n) is 5.63. The summed E-state index contributed by atoms with van der Waals surface area (Å²) >= 11 is 0. The average Bonchev–Trinajstić information content (AvgIpc) is 3.10. The number of carbonyl (C=O) groups is 1. The molecule has 1 aromatic heterocycles. The summed E-state index contributed by atoms with van der Waals surface area (Å²) in [6.45, 7) is 6.62. The van der Waals surface area contributed by atoms with Gasteiger partial charge >= 0.3 is 0 Å². The van der Waals surface area contributed by atoms with Gasteiger partial charge in [-0.2, -0.15) is 5.10 Å². The minimum atomic E-state index is 0.144. The number of nitrogens with zero attached hydrogens (tertiary/aromatic N) is 3. The van der Waals surface area contributed by atoms with Crippen molar-refractivity contribution in [2.24, 2.45) is 5.41 Å². The predicted molar refractivity (Wildman–Crippen MR) is 89.5 cm³/mol. The van der Waals surface area contributed by atoms with Gasteiger partial charge in [0.15, 0.2) is 0 Å². The zero-order valence-corrected chi connectivity index (χ0v) is 14.7. The van der Waals surface area contributed by atoms with Crippen molar-refractivity contribution >= 4 is 5.91 Å². The molecule has 1 aliphatic carbocycles. The number of likely N-dealkylation sites (tertiary alicyclic amines) is 1. The van der Waals surface area contributed by atoms with Gasteiger partial charge in [0.1, 0.15) is 0 Å². The van der Waals surface area contributed by atoms with Crippen LogP contribution in [0.15, 0.2) is 6.20 Å². The highest BCUT2D eigenvalue weighted by Gasteiger charge is 2.46. The first-order valence-corrected chi connectivity index (χ1v) is 8.96. The molecule has 0 radical (unpaired) electrons. The fraction of sp³-hybridized carbons (Fsp3) is 0.778. The molecule has 0 bridgehead atoms. The van der Waals surface area contributed by atoms with Crippen LogP contribution < -0.4 is 0 Å². The Labute approximate surface area is 139 Å². The predicted octanol–water partition coefficient (Wildman–Crippen LogP) is 3.02. The van der Waals surface area contributed by atoms with E-state index < -0.39 is 0 Å². The summed E-state index contributed by atoms with van der Waals surface area (Å²) in [5.74, 6) is 0.144. The number of rotatable bonds is 4. The summed E-state index contributed by atoms with van der Waals surface area (Å²) in [5.41, 5.74) is 1.79. The molecule has 2 atom stereocenters. The van der Waals surface area contributed by atoms with Crippen molar-refractivity contribution in [2.75, 3.05) is 20.2 Å². The Bertz CT molecular complexity index is 569. The SMILES string of the molecule is CCCn1cc(C(=O)N2CCC[C@]3(CCC[C@H]3OC)C2)c(C)n1. The van der Waals surface area contributed by atoms with Gasteiger partial charge in [0.05, 0.1) is 17.4 Å². The lowest BCUT2D eigenvalue weighted by atomic mass is 9.76. The van der Waals surface area contributed by atoms with Crippen LogP contribution in [0.3, 0.4) is 0 Å². The molecule has 0 unspecified atom stereocenters. The second kappa shape index (κ2) is 6.63. The van der Waals surface area contributed by atoms with Crippen LogP contribution in [0, 0.1) is 12.3 Å². The third-order valence-corrected chi connectivity index (χ3v) is 5.63. The molecule has 5 heteroatoms. The molecule has 0 N–H and O–H groups in total. The standard InChI is InChI=1S/C18H29N3O2/c1-4-10-21-12-15(14(2)19-21)17(22)20-11-6-9-18(13-20)8-5-7-16(18)23-3/h12,16H,4-11,13H2,1-3H3/t16-,18-/m1/s1. The lowest BCUT2D eigenvalue weighted by Crippen LogP contribution is -2.49. The first-order valence-electron chi connectivity index (χ1n) is 8.96. The molecule has 128 valence electrons. The number of aromatic nitrogens is 2. The first kappa shape index (κ1) is 16.5. The van der Waals surface area contributed by atoms with Gasteiger partial charge in [-0.05, 0) is 39.0 Å². The summed E-state index contributed by atoms with van der Waals surface area (Å²) in [4.78, 5) is 15.0. The molecule has 1 aromatic rings. The minimum Gasteiger partial charge on any atom is -0.381 e. The molecule has 2 aliphatic rings. The van der Waals surface area contributed by atoms with Gasteiger partial charge in [0, 0.05) is 38.4 Å². The fourth-order valence-corrected chi connectivity index (χ4v) is 4.52. The van der Waals surface area contributed by atoms with Gasteiger partial charge in [-0.25, -0.2) is 0 Å². The van der Waals surface area contributed by atoms with Crippen molar-refractivity contribution in [3.05, 3.63) is 17.5 Å². The Balaban J connectivity index is 1.77. The molecule has 2 fully saturated rings. The summed E-state index contributed by atoms with van der Waals surface area (Å²) < 4.78 is 7.64. The maximum Gasteiger partial charge on any atom is 0.257 e. The Hall–Kier alpha value is -1.36. The van der Waals surface area contributed by atoms with Crippen LogP contribution in [-0.2, 0) is 11.3 Å². The van der Waals surface area contributed by atoms with E-state index in [2.05, 4.69) is 12.0 Å². The van der Waals surface area contributed by atoms with E-state index in [4.69, 9.17) is 4.74 Å². The van der Waals surface area contributed by atoms with Crippen molar-refractivity contribution < 1.29 is 9.53 Å². The second-order valence-corrected chi connectivity index (χ2v) is 7.20. The van der Waals surface area contributed by atoms with E-state index in [1.165, 1.54) is 19.3 Å². The maximum atomic E-state index is 13.0. The van der Waals surface area contributed by atoms with E-state index in [1.54, 1.807) is 0 Å². The second-order valence-electron chi connectivity index (χ2n) is 7.20. The van der Waals surface area contributed by atoms with E-state index in [9.17, 15) is 4.79 Å². The van der Waals surface area contributed by atoms with Crippen molar-refractivity contribution in [3.8, 4) is 0 Å². The molecule has 23 heavy (non-hydrogen) atoms.